The molecule has 0 aromatic heterocycles. The van der Waals surface area contributed by atoms with Crippen LogP contribution in [-0.2, 0) is 4.79 Å². The molecular weight excluding hydrogens is 424 g/mol. The summed E-state index contributed by atoms with van der Waals surface area (Å²) in [5.74, 6) is 0.150. The van der Waals surface area contributed by atoms with Gasteiger partial charge in [0.1, 0.15) is 11.3 Å². The Bertz CT molecular complexity index is 940. The summed E-state index contributed by atoms with van der Waals surface area (Å²) in [6.45, 7) is 0.884. The lowest BCUT2D eigenvalue weighted by molar-refractivity contribution is -0.385. The number of ketones is 1. The van der Waals surface area contributed by atoms with Crippen LogP contribution in [0.15, 0.2) is 12.1 Å². The van der Waals surface area contributed by atoms with Gasteiger partial charge >= 0.3 is 0 Å². The van der Waals surface area contributed by atoms with Gasteiger partial charge < -0.3 is 14.4 Å². The van der Waals surface area contributed by atoms with Crippen molar-refractivity contribution in [2.24, 2.45) is 11.8 Å². The maximum atomic E-state index is 13.3. The average Bonchev–Trinajstić information content (AvgIpc) is 3.19. The minimum Gasteiger partial charge on any atom is -0.448 e. The second-order valence-corrected chi connectivity index (χ2v) is 10.1. The molecule has 1 aromatic rings. The second-order valence-electron chi connectivity index (χ2n) is 10.1. The normalized spacial score (nSPS) is 23.0. The number of hydrogen-bond donors (Lipinski definition) is 0. The highest BCUT2D eigenvalue weighted by Crippen LogP contribution is 2.48. The number of hydrogen-bond acceptors (Lipinski definition) is 6. The Morgan fingerprint density at radius 1 is 0.879 bits per heavy atom. The smallest absolute Gasteiger partial charge is 0.286 e. The largest absolute Gasteiger partial charge is 0.448 e. The first-order valence-electron chi connectivity index (χ1n) is 12.5. The number of rotatable bonds is 4. The number of nitro groups is 1. The van der Waals surface area contributed by atoms with Crippen LogP contribution in [0.1, 0.15) is 87.4 Å². The predicted octanol–water partition coefficient (Wildman–Crippen LogP) is 5.03. The maximum absolute atomic E-state index is 13.3. The number of nitro benzene ring substituents is 1. The summed E-state index contributed by atoms with van der Waals surface area (Å²) in [6.07, 6.45) is 11.3. The zero-order valence-corrected chi connectivity index (χ0v) is 19.1. The fraction of sp³-hybridized carbons (Fsp3) is 0.680. The summed E-state index contributed by atoms with van der Waals surface area (Å²) in [5.41, 5.74) is -0.220. The number of carbonyl (C=O) groups is 2. The van der Waals surface area contributed by atoms with E-state index in [1.165, 1.54) is 18.6 Å². The van der Waals surface area contributed by atoms with Crippen molar-refractivity contribution in [1.29, 1.82) is 0 Å². The number of amides is 1. The van der Waals surface area contributed by atoms with E-state index in [2.05, 4.69) is 0 Å². The van der Waals surface area contributed by atoms with E-state index in [1.54, 1.807) is 4.90 Å². The van der Waals surface area contributed by atoms with Crippen molar-refractivity contribution in [3.63, 3.8) is 0 Å². The minimum atomic E-state index is -0.756. The predicted molar refractivity (Wildman–Crippen MR) is 120 cm³/mol. The van der Waals surface area contributed by atoms with E-state index in [4.69, 9.17) is 9.47 Å². The van der Waals surface area contributed by atoms with E-state index in [0.29, 0.717) is 43.2 Å². The molecule has 1 spiro atoms. The van der Waals surface area contributed by atoms with Gasteiger partial charge in [-0.3, -0.25) is 19.7 Å². The van der Waals surface area contributed by atoms with Gasteiger partial charge in [-0.25, -0.2) is 0 Å². The van der Waals surface area contributed by atoms with E-state index >= 15 is 0 Å². The van der Waals surface area contributed by atoms with Crippen molar-refractivity contribution < 1.29 is 24.0 Å². The fourth-order valence-corrected chi connectivity index (χ4v) is 6.01. The first kappa shape index (κ1) is 22.2. The molecule has 0 bridgehead atoms. The summed E-state index contributed by atoms with van der Waals surface area (Å²) < 4.78 is 12.1. The fourth-order valence-electron chi connectivity index (χ4n) is 6.01. The number of piperidine rings is 1. The first-order chi connectivity index (χ1) is 16.0. The van der Waals surface area contributed by atoms with E-state index in [1.807, 2.05) is 0 Å². The number of ether oxygens (including phenoxy) is 2. The molecule has 33 heavy (non-hydrogen) atoms. The monoisotopic (exact) mass is 456 g/mol. The van der Waals surface area contributed by atoms with Crippen molar-refractivity contribution in [2.75, 3.05) is 13.1 Å². The average molecular weight is 457 g/mol. The standard InChI is InChI=1S/C25H32N2O6/c28-23(17-7-3-1-4-8-17)18-9-13-26(14-10-18)24(29)19-15-21-22(16-20(19)27(30)31)33-25(32-21)11-5-2-6-12-25/h15-18H,1-14H2. The zero-order chi connectivity index (χ0) is 23.0. The van der Waals surface area contributed by atoms with Crippen LogP contribution < -0.4 is 9.47 Å². The molecule has 1 amide bonds. The van der Waals surface area contributed by atoms with Crippen molar-refractivity contribution in [1.82, 2.24) is 4.90 Å². The Morgan fingerprint density at radius 3 is 2.09 bits per heavy atom. The quantitative estimate of drug-likeness (QED) is 0.466. The molecule has 5 rings (SSSR count). The maximum Gasteiger partial charge on any atom is 0.286 e. The second kappa shape index (κ2) is 8.95. The van der Waals surface area contributed by atoms with E-state index in [0.717, 1.165) is 57.8 Å². The van der Waals surface area contributed by atoms with Gasteiger partial charge in [0.25, 0.3) is 17.4 Å². The Morgan fingerprint density at radius 2 is 1.45 bits per heavy atom. The Hall–Kier alpha value is -2.64. The van der Waals surface area contributed by atoms with Gasteiger partial charge in [0.05, 0.1) is 11.0 Å². The summed E-state index contributed by atoms with van der Waals surface area (Å²) in [7, 11) is 0. The molecule has 1 aromatic carbocycles. The molecule has 0 radical (unpaired) electrons. The number of nitrogens with zero attached hydrogens (tertiary/aromatic N) is 2. The van der Waals surface area contributed by atoms with Crippen LogP contribution in [0.5, 0.6) is 11.5 Å². The summed E-state index contributed by atoms with van der Waals surface area (Å²) >= 11 is 0. The van der Waals surface area contributed by atoms with E-state index < -0.39 is 10.7 Å². The third-order valence-electron chi connectivity index (χ3n) is 7.89. The lowest BCUT2D eigenvalue weighted by Gasteiger charge is -2.33. The molecular formula is C25H32N2O6. The molecule has 3 fully saturated rings. The van der Waals surface area contributed by atoms with Crippen molar-refractivity contribution in [3.05, 3.63) is 27.8 Å². The Labute approximate surface area is 193 Å². The molecule has 1 saturated heterocycles. The molecule has 2 aliphatic heterocycles. The van der Waals surface area contributed by atoms with Gasteiger partial charge in [-0.1, -0.05) is 25.7 Å². The highest BCUT2D eigenvalue weighted by Gasteiger charge is 2.44. The van der Waals surface area contributed by atoms with Crippen LogP contribution >= 0.6 is 0 Å². The molecule has 178 valence electrons. The minimum absolute atomic E-state index is 0.00458. The molecule has 2 saturated carbocycles. The lowest BCUT2D eigenvalue weighted by atomic mass is 9.78. The lowest BCUT2D eigenvalue weighted by Crippen LogP contribution is -2.41. The van der Waals surface area contributed by atoms with Crippen LogP contribution in [0.3, 0.4) is 0 Å². The summed E-state index contributed by atoms with van der Waals surface area (Å²) in [4.78, 5) is 39.1. The van der Waals surface area contributed by atoms with Crippen molar-refractivity contribution in [2.45, 2.75) is 82.8 Å². The van der Waals surface area contributed by atoms with Crippen molar-refractivity contribution >= 4 is 17.4 Å². The molecule has 2 heterocycles. The first-order valence-corrected chi connectivity index (χ1v) is 12.5. The Balaban J connectivity index is 1.29. The summed E-state index contributed by atoms with van der Waals surface area (Å²) in [5, 5.41) is 11.8. The Kier molecular flexibility index (Phi) is 6.01. The van der Waals surface area contributed by atoms with Crippen LogP contribution in [0.2, 0.25) is 0 Å². The van der Waals surface area contributed by atoms with Crippen LogP contribution in [-0.4, -0.2) is 40.4 Å². The molecule has 4 aliphatic rings. The number of benzene rings is 1. The van der Waals surface area contributed by atoms with E-state index in [-0.39, 0.29) is 29.0 Å². The van der Waals surface area contributed by atoms with Crippen molar-refractivity contribution in [3.8, 4) is 11.5 Å². The number of carbonyl (C=O) groups excluding carboxylic acids is 2. The van der Waals surface area contributed by atoms with Gasteiger partial charge in [-0.2, -0.15) is 0 Å². The number of likely N-dealkylation sites (tertiary alicyclic amines) is 1. The van der Waals surface area contributed by atoms with Gasteiger partial charge in [-0.05, 0) is 38.5 Å². The molecule has 8 heteroatoms. The van der Waals surface area contributed by atoms with Crippen LogP contribution in [0.25, 0.3) is 0 Å². The van der Waals surface area contributed by atoms with Gasteiger partial charge in [0.15, 0.2) is 11.5 Å². The molecule has 0 N–H and O–H groups in total. The van der Waals surface area contributed by atoms with Gasteiger partial charge in [0, 0.05) is 43.8 Å². The SMILES string of the molecule is O=C(C1CCCCC1)C1CCN(C(=O)c2cc3c(cc2[N+](=O)[O-])OC2(CCCCC2)O3)CC1. The topological polar surface area (TPSA) is 99.0 Å². The van der Waals surface area contributed by atoms with Crippen LogP contribution in [0.4, 0.5) is 5.69 Å². The highest BCUT2D eigenvalue weighted by atomic mass is 16.7. The third kappa shape index (κ3) is 4.32. The highest BCUT2D eigenvalue weighted by molar-refractivity contribution is 5.99. The number of Topliss-reactive ketones (excluding diaryl/α,β-unsaturated/α-hetero) is 1. The summed E-state index contributed by atoms with van der Waals surface area (Å²) in [6, 6.07) is 2.82. The van der Waals surface area contributed by atoms with E-state index in [9.17, 15) is 19.7 Å². The molecule has 2 aliphatic carbocycles. The molecule has 8 nitrogen and oxygen atoms in total. The van der Waals surface area contributed by atoms with Gasteiger partial charge in [0.2, 0.25) is 0 Å². The zero-order valence-electron chi connectivity index (χ0n) is 19.1. The van der Waals surface area contributed by atoms with Crippen LogP contribution in [0, 0.1) is 22.0 Å². The molecule has 0 unspecified atom stereocenters. The number of fused-ring (bicyclic) bond motifs is 1. The third-order valence-corrected chi connectivity index (χ3v) is 7.89. The molecule has 0 atom stereocenters. The van der Waals surface area contributed by atoms with Gasteiger partial charge in [-0.15, -0.1) is 0 Å².